The third-order valence-corrected chi connectivity index (χ3v) is 12.1. The number of pyridine rings is 1. The van der Waals surface area contributed by atoms with Crippen LogP contribution in [0.5, 0.6) is 0 Å². The fourth-order valence-electron chi connectivity index (χ4n) is 9.29. The molecule has 3 aromatic heterocycles. The van der Waals surface area contributed by atoms with Crippen LogP contribution in [-0.4, -0.2) is 24.5 Å². The summed E-state index contributed by atoms with van der Waals surface area (Å²) in [7, 11) is 0. The number of fused-ring (bicyclic) bond motifs is 9. The molecule has 0 atom stereocenters. The van der Waals surface area contributed by atoms with E-state index in [1.807, 2.05) is 30.5 Å². The molecule has 0 bridgehead atoms. The summed E-state index contributed by atoms with van der Waals surface area (Å²) in [4.78, 5) is 20.3. The first-order chi connectivity index (χ1) is 26.8. The van der Waals surface area contributed by atoms with Gasteiger partial charge in [-0.3, -0.25) is 4.57 Å². The Bertz CT molecular complexity index is 2990. The highest BCUT2D eigenvalue weighted by Crippen LogP contribution is 2.51. The van der Waals surface area contributed by atoms with E-state index in [0.29, 0.717) is 17.5 Å². The molecule has 11 rings (SSSR count). The van der Waals surface area contributed by atoms with Gasteiger partial charge in [-0.15, -0.1) is 0 Å². The summed E-state index contributed by atoms with van der Waals surface area (Å²) in [6.07, 6.45) is 1.88. The van der Waals surface area contributed by atoms with E-state index in [-0.39, 0.29) is 10.8 Å². The molecule has 5 nitrogen and oxygen atoms in total. The Kier molecular flexibility index (Phi) is 6.58. The number of benzene rings is 6. The van der Waals surface area contributed by atoms with Gasteiger partial charge in [0.15, 0.2) is 17.5 Å². The van der Waals surface area contributed by atoms with Gasteiger partial charge < -0.3 is 0 Å². The molecule has 0 unspecified atom stereocenters. The Morgan fingerprint density at radius 2 is 0.982 bits per heavy atom. The standard InChI is InChI=1S/C50H37N5/c1-49(2)40-18-10-8-15-34(40)38-27-31(20-24-41(38)49)46-52-45(30-13-6-5-7-14-30)53-47(54-46)32-21-25-42-39(28-32)35-23-22-33(29-43(35)50(42,3)4)55-44-19-11-9-16-36(44)37-17-12-26-51-48(37)55/h5-29H,1-4H3. The highest BCUT2D eigenvalue weighted by atomic mass is 15.0. The Labute approximate surface area is 320 Å². The smallest absolute Gasteiger partial charge is 0.164 e. The van der Waals surface area contributed by atoms with Gasteiger partial charge in [0.1, 0.15) is 5.65 Å². The Morgan fingerprint density at radius 3 is 1.71 bits per heavy atom. The van der Waals surface area contributed by atoms with E-state index < -0.39 is 0 Å². The largest absolute Gasteiger partial charge is 0.294 e. The molecule has 9 aromatic rings. The van der Waals surface area contributed by atoms with Crippen molar-refractivity contribution in [3.8, 4) is 62.1 Å². The van der Waals surface area contributed by atoms with Gasteiger partial charge in [-0.05, 0) is 87.0 Å². The average molecular weight is 708 g/mol. The minimum atomic E-state index is -0.209. The molecule has 0 saturated heterocycles. The zero-order chi connectivity index (χ0) is 37.1. The second-order valence-electron chi connectivity index (χ2n) is 15.9. The van der Waals surface area contributed by atoms with E-state index in [1.54, 1.807) is 0 Å². The number of rotatable bonds is 4. The predicted octanol–water partition coefficient (Wildman–Crippen LogP) is 12.0. The Morgan fingerprint density at radius 1 is 0.418 bits per heavy atom. The van der Waals surface area contributed by atoms with Crippen LogP contribution in [0.15, 0.2) is 152 Å². The highest BCUT2D eigenvalue weighted by molar-refractivity contribution is 6.07. The van der Waals surface area contributed by atoms with E-state index in [4.69, 9.17) is 19.9 Å². The van der Waals surface area contributed by atoms with Crippen molar-refractivity contribution >= 4 is 21.9 Å². The van der Waals surface area contributed by atoms with Crippen molar-refractivity contribution in [1.29, 1.82) is 0 Å². The fraction of sp³-hybridized carbons (Fsp3) is 0.120. The number of nitrogens with zero attached hydrogens (tertiary/aromatic N) is 5. The lowest BCUT2D eigenvalue weighted by molar-refractivity contribution is 0.660. The summed E-state index contributed by atoms with van der Waals surface area (Å²) >= 11 is 0. The molecule has 3 heterocycles. The molecular weight excluding hydrogens is 671 g/mol. The van der Waals surface area contributed by atoms with Crippen LogP contribution in [0.25, 0.3) is 84.0 Å². The molecule has 0 radical (unpaired) electrons. The van der Waals surface area contributed by atoms with Gasteiger partial charge in [-0.1, -0.05) is 131 Å². The monoisotopic (exact) mass is 707 g/mol. The number of aromatic nitrogens is 5. The van der Waals surface area contributed by atoms with E-state index in [0.717, 1.165) is 38.9 Å². The molecule has 262 valence electrons. The minimum absolute atomic E-state index is 0.0699. The molecule has 0 spiro atoms. The number of para-hydroxylation sites is 1. The van der Waals surface area contributed by atoms with Gasteiger partial charge in [-0.25, -0.2) is 19.9 Å². The summed E-state index contributed by atoms with van der Waals surface area (Å²) in [5.41, 5.74) is 16.1. The van der Waals surface area contributed by atoms with Gasteiger partial charge in [0, 0.05) is 50.2 Å². The molecule has 0 aliphatic heterocycles. The quantitative estimate of drug-likeness (QED) is 0.183. The van der Waals surface area contributed by atoms with Crippen LogP contribution in [0.1, 0.15) is 49.9 Å². The predicted molar refractivity (Wildman–Crippen MR) is 223 cm³/mol. The second kappa shape index (κ2) is 11.4. The van der Waals surface area contributed by atoms with Crippen LogP contribution >= 0.6 is 0 Å². The first-order valence-electron chi connectivity index (χ1n) is 19.0. The van der Waals surface area contributed by atoms with Crippen molar-refractivity contribution in [2.75, 3.05) is 0 Å². The SMILES string of the molecule is CC1(C)c2ccccc2-c2cc(-c3nc(-c4ccccc4)nc(-c4ccc5c(c4)-c4ccc(-n6c7ccccc7c7cccnc76)cc4C5(C)C)n3)ccc21. The van der Waals surface area contributed by atoms with Crippen molar-refractivity contribution in [2.24, 2.45) is 0 Å². The summed E-state index contributed by atoms with van der Waals surface area (Å²) < 4.78 is 2.30. The topological polar surface area (TPSA) is 56.5 Å². The Hall–Kier alpha value is -6.72. The molecule has 6 aromatic carbocycles. The lowest BCUT2D eigenvalue weighted by atomic mass is 9.82. The van der Waals surface area contributed by atoms with Crippen LogP contribution < -0.4 is 0 Å². The summed E-state index contributed by atoms with van der Waals surface area (Å²) in [6, 6.07) is 52.0. The van der Waals surface area contributed by atoms with Crippen LogP contribution in [0.2, 0.25) is 0 Å². The second-order valence-corrected chi connectivity index (χ2v) is 15.9. The number of hydrogen-bond acceptors (Lipinski definition) is 4. The van der Waals surface area contributed by atoms with Gasteiger partial charge in [-0.2, -0.15) is 0 Å². The van der Waals surface area contributed by atoms with Gasteiger partial charge in [0.2, 0.25) is 0 Å². The van der Waals surface area contributed by atoms with Crippen molar-refractivity contribution in [3.63, 3.8) is 0 Å². The molecule has 0 amide bonds. The molecule has 0 saturated carbocycles. The Balaban J connectivity index is 1.05. The zero-order valence-corrected chi connectivity index (χ0v) is 31.2. The lowest BCUT2D eigenvalue weighted by Gasteiger charge is -2.22. The fourth-order valence-corrected chi connectivity index (χ4v) is 9.29. The molecule has 2 aliphatic rings. The molecule has 0 N–H and O–H groups in total. The van der Waals surface area contributed by atoms with Crippen molar-refractivity contribution in [1.82, 2.24) is 24.5 Å². The third kappa shape index (κ3) is 4.59. The molecule has 2 aliphatic carbocycles. The van der Waals surface area contributed by atoms with Crippen molar-refractivity contribution in [2.45, 2.75) is 38.5 Å². The maximum absolute atomic E-state index is 5.21. The first-order valence-corrected chi connectivity index (χ1v) is 19.0. The van der Waals surface area contributed by atoms with E-state index in [1.165, 1.54) is 49.9 Å². The van der Waals surface area contributed by atoms with Crippen LogP contribution in [0.4, 0.5) is 0 Å². The summed E-state index contributed by atoms with van der Waals surface area (Å²) in [6.45, 7) is 9.27. The zero-order valence-electron chi connectivity index (χ0n) is 31.2. The minimum Gasteiger partial charge on any atom is -0.294 e. The highest BCUT2D eigenvalue weighted by Gasteiger charge is 2.37. The maximum atomic E-state index is 5.21. The summed E-state index contributed by atoms with van der Waals surface area (Å²) in [5.74, 6) is 1.99. The molecular formula is C50H37N5. The van der Waals surface area contributed by atoms with Crippen molar-refractivity contribution < 1.29 is 0 Å². The third-order valence-electron chi connectivity index (χ3n) is 12.1. The van der Waals surface area contributed by atoms with Gasteiger partial charge >= 0.3 is 0 Å². The lowest BCUT2D eigenvalue weighted by Crippen LogP contribution is -2.15. The van der Waals surface area contributed by atoms with E-state index >= 15 is 0 Å². The normalized spacial score (nSPS) is 14.5. The maximum Gasteiger partial charge on any atom is 0.164 e. The van der Waals surface area contributed by atoms with Gasteiger partial charge in [0.05, 0.1) is 5.52 Å². The molecule has 5 heteroatoms. The van der Waals surface area contributed by atoms with Crippen LogP contribution in [-0.2, 0) is 10.8 Å². The average Bonchev–Trinajstić information content (AvgIpc) is 3.77. The first kappa shape index (κ1) is 31.8. The van der Waals surface area contributed by atoms with Crippen LogP contribution in [0, 0.1) is 0 Å². The molecule has 55 heavy (non-hydrogen) atoms. The molecule has 0 fully saturated rings. The summed E-state index contributed by atoms with van der Waals surface area (Å²) in [5, 5.41) is 2.37. The van der Waals surface area contributed by atoms with E-state index in [9.17, 15) is 0 Å². The number of hydrogen-bond donors (Lipinski definition) is 0. The van der Waals surface area contributed by atoms with Crippen LogP contribution in [0.3, 0.4) is 0 Å². The van der Waals surface area contributed by atoms with Gasteiger partial charge in [0.25, 0.3) is 0 Å². The van der Waals surface area contributed by atoms with Crippen molar-refractivity contribution in [3.05, 3.63) is 174 Å². The van der Waals surface area contributed by atoms with E-state index in [2.05, 4.69) is 154 Å².